The molecule has 0 atom stereocenters. The van der Waals surface area contributed by atoms with Crippen molar-refractivity contribution >= 4 is 70.7 Å². The minimum atomic E-state index is -2.04. The highest BCUT2D eigenvalue weighted by Crippen LogP contribution is 2.39. The van der Waals surface area contributed by atoms with Crippen LogP contribution in [0.4, 0.5) is 0 Å². The SMILES string of the molecule is CC(=O)SCC(=Cc1c[nH]c(C(=O)C(Cl)(Cl)Cl)c1)B1OC(C)(C)C(C)(C)O1. The largest absolute Gasteiger partial charge is 0.491 e. The van der Waals surface area contributed by atoms with Crippen molar-refractivity contribution in [3.05, 3.63) is 29.0 Å². The maximum atomic E-state index is 12.1. The molecule has 1 fully saturated rings. The Bertz CT molecular complexity index is 754. The van der Waals surface area contributed by atoms with Gasteiger partial charge in [0.2, 0.25) is 5.78 Å². The number of nitrogens with one attached hydrogen (secondary N) is 1. The summed E-state index contributed by atoms with van der Waals surface area (Å²) < 4.78 is 10.1. The van der Waals surface area contributed by atoms with E-state index in [9.17, 15) is 9.59 Å². The van der Waals surface area contributed by atoms with Gasteiger partial charge in [0.05, 0.1) is 16.9 Å². The van der Waals surface area contributed by atoms with Gasteiger partial charge in [-0.2, -0.15) is 0 Å². The number of aromatic nitrogens is 1. The molecule has 0 bridgehead atoms. The first-order valence-corrected chi connectivity index (χ1v) is 10.3. The van der Waals surface area contributed by atoms with Crippen molar-refractivity contribution < 1.29 is 18.9 Å². The second kappa shape index (κ2) is 8.13. The number of ketones is 1. The lowest BCUT2D eigenvalue weighted by Crippen LogP contribution is -2.41. The summed E-state index contributed by atoms with van der Waals surface area (Å²) in [6, 6.07) is 1.58. The van der Waals surface area contributed by atoms with Gasteiger partial charge in [0.1, 0.15) is 0 Å². The van der Waals surface area contributed by atoms with Crippen LogP contribution < -0.4 is 0 Å². The Hall–Kier alpha value is -0.435. The van der Waals surface area contributed by atoms with Crippen LogP contribution in [0.3, 0.4) is 0 Å². The predicted molar refractivity (Wildman–Crippen MR) is 113 cm³/mol. The second-order valence-corrected chi connectivity index (χ2v) is 10.7. The Labute approximate surface area is 178 Å². The summed E-state index contributed by atoms with van der Waals surface area (Å²) in [5, 5.41) is -0.0152. The first-order chi connectivity index (χ1) is 12.2. The van der Waals surface area contributed by atoms with Gasteiger partial charge in [-0.3, -0.25) is 9.59 Å². The third kappa shape index (κ3) is 5.55. The van der Waals surface area contributed by atoms with Gasteiger partial charge >= 0.3 is 7.12 Å². The first kappa shape index (κ1) is 22.8. The minimum Gasteiger partial charge on any atom is -0.400 e. The Morgan fingerprint density at radius 1 is 1.22 bits per heavy atom. The van der Waals surface area contributed by atoms with E-state index >= 15 is 0 Å². The molecule has 27 heavy (non-hydrogen) atoms. The van der Waals surface area contributed by atoms with Gasteiger partial charge in [0.15, 0.2) is 5.12 Å². The fraction of sp³-hybridized carbons (Fsp3) is 0.529. The maximum absolute atomic E-state index is 12.1. The van der Waals surface area contributed by atoms with E-state index in [-0.39, 0.29) is 10.8 Å². The summed E-state index contributed by atoms with van der Waals surface area (Å²) in [6.45, 7) is 9.32. The summed E-state index contributed by atoms with van der Waals surface area (Å²) in [6.07, 6.45) is 3.43. The molecule has 148 valence electrons. The number of halogens is 3. The van der Waals surface area contributed by atoms with Gasteiger partial charge in [0, 0.05) is 18.9 Å². The molecule has 1 aliphatic heterocycles. The number of alkyl halides is 3. The molecule has 2 rings (SSSR count). The van der Waals surface area contributed by atoms with Crippen molar-refractivity contribution in [2.45, 2.75) is 49.6 Å². The van der Waals surface area contributed by atoms with Gasteiger partial charge in [0.25, 0.3) is 3.79 Å². The number of carbonyl (C=O) groups is 2. The van der Waals surface area contributed by atoms with E-state index in [1.54, 1.807) is 12.3 Å². The van der Waals surface area contributed by atoms with Crippen LogP contribution in [0.1, 0.15) is 50.7 Å². The zero-order chi connectivity index (χ0) is 20.6. The molecule has 1 saturated heterocycles. The highest BCUT2D eigenvalue weighted by Gasteiger charge is 2.52. The molecule has 1 aromatic heterocycles. The third-order valence-corrected chi connectivity index (χ3v) is 5.96. The lowest BCUT2D eigenvalue weighted by atomic mass is 9.78. The number of carbonyl (C=O) groups excluding carboxylic acids is 2. The third-order valence-electron chi connectivity index (χ3n) is 4.56. The molecule has 0 spiro atoms. The smallest absolute Gasteiger partial charge is 0.400 e. The van der Waals surface area contributed by atoms with Crippen molar-refractivity contribution in [2.75, 3.05) is 5.75 Å². The van der Waals surface area contributed by atoms with Crippen LogP contribution >= 0.6 is 46.6 Å². The molecule has 5 nitrogen and oxygen atoms in total. The Morgan fingerprint density at radius 2 is 1.78 bits per heavy atom. The number of Topliss-reactive ketones (excluding diaryl/α,β-unsaturated/α-hetero) is 1. The van der Waals surface area contributed by atoms with Crippen molar-refractivity contribution in [2.24, 2.45) is 0 Å². The van der Waals surface area contributed by atoms with E-state index in [2.05, 4.69) is 4.98 Å². The average Bonchev–Trinajstić information content (AvgIpc) is 3.04. The van der Waals surface area contributed by atoms with Crippen LogP contribution in [-0.2, 0) is 14.1 Å². The molecule has 1 aliphatic rings. The summed E-state index contributed by atoms with van der Waals surface area (Å²) in [4.78, 5) is 26.3. The summed E-state index contributed by atoms with van der Waals surface area (Å²) in [7, 11) is -0.607. The summed E-state index contributed by atoms with van der Waals surface area (Å²) >= 11 is 18.1. The van der Waals surface area contributed by atoms with E-state index in [0.29, 0.717) is 11.3 Å². The molecule has 2 heterocycles. The molecular weight excluding hydrogens is 431 g/mol. The Balaban J connectivity index is 2.31. The number of hydrogen-bond donors (Lipinski definition) is 1. The van der Waals surface area contributed by atoms with Crippen LogP contribution in [0, 0.1) is 0 Å². The average molecular weight is 453 g/mol. The Morgan fingerprint density at radius 3 is 2.26 bits per heavy atom. The van der Waals surface area contributed by atoms with Crippen LogP contribution in [0.2, 0.25) is 0 Å². The van der Waals surface area contributed by atoms with Gasteiger partial charge < -0.3 is 14.3 Å². The fourth-order valence-corrected chi connectivity index (χ4v) is 3.24. The first-order valence-electron chi connectivity index (χ1n) is 8.22. The summed E-state index contributed by atoms with van der Waals surface area (Å²) in [5.74, 6) is -0.257. The van der Waals surface area contributed by atoms with Crippen molar-refractivity contribution in [3.8, 4) is 0 Å². The van der Waals surface area contributed by atoms with E-state index < -0.39 is 27.9 Å². The normalized spacial score (nSPS) is 19.4. The molecule has 0 saturated carbocycles. The number of aromatic amines is 1. The lowest BCUT2D eigenvalue weighted by Gasteiger charge is -2.32. The molecule has 10 heteroatoms. The zero-order valence-electron chi connectivity index (χ0n) is 15.7. The molecule has 1 N–H and O–H groups in total. The summed E-state index contributed by atoms with van der Waals surface area (Å²) in [5.41, 5.74) is 0.606. The standard InChI is InChI=1S/C17H21BCl3NO4S/c1-10(23)27-9-12(18-25-15(2,3)16(4,5)26-18)6-11-7-13(22-8-11)14(24)17(19,20)21/h6-8,22H,9H2,1-5H3. The van der Waals surface area contributed by atoms with Crippen molar-refractivity contribution in [1.82, 2.24) is 4.98 Å². The van der Waals surface area contributed by atoms with Crippen LogP contribution in [0.15, 0.2) is 17.7 Å². The molecule has 0 radical (unpaired) electrons. The van der Waals surface area contributed by atoms with Gasteiger partial charge in [-0.25, -0.2) is 0 Å². The predicted octanol–water partition coefficient (Wildman–Crippen LogP) is 4.86. The quantitative estimate of drug-likeness (QED) is 0.392. The van der Waals surface area contributed by atoms with E-state index in [1.165, 1.54) is 6.92 Å². The number of rotatable bonds is 5. The van der Waals surface area contributed by atoms with Gasteiger partial charge in [-0.05, 0) is 44.8 Å². The van der Waals surface area contributed by atoms with E-state index in [0.717, 1.165) is 17.2 Å². The highest BCUT2D eigenvalue weighted by atomic mass is 35.6. The fourth-order valence-electron chi connectivity index (χ4n) is 2.35. The van der Waals surface area contributed by atoms with E-state index in [4.69, 9.17) is 44.1 Å². The number of thioether (sulfide) groups is 1. The van der Waals surface area contributed by atoms with Gasteiger partial charge in [-0.1, -0.05) is 52.6 Å². The molecular formula is C17H21BCl3NO4S. The van der Waals surface area contributed by atoms with Crippen LogP contribution in [-0.4, -0.2) is 43.7 Å². The monoisotopic (exact) mass is 451 g/mol. The maximum Gasteiger partial charge on any atom is 0.491 e. The number of H-pyrrole nitrogens is 1. The van der Waals surface area contributed by atoms with Crippen LogP contribution in [0.25, 0.3) is 6.08 Å². The molecule has 0 amide bonds. The highest BCUT2D eigenvalue weighted by molar-refractivity contribution is 8.13. The lowest BCUT2D eigenvalue weighted by molar-refractivity contribution is -0.109. The van der Waals surface area contributed by atoms with Gasteiger partial charge in [-0.15, -0.1) is 0 Å². The topological polar surface area (TPSA) is 68.4 Å². The number of hydrogen-bond acceptors (Lipinski definition) is 5. The van der Waals surface area contributed by atoms with Crippen molar-refractivity contribution in [1.29, 1.82) is 0 Å². The van der Waals surface area contributed by atoms with E-state index in [1.807, 2.05) is 33.8 Å². The molecule has 0 aromatic carbocycles. The molecule has 0 unspecified atom stereocenters. The second-order valence-electron chi connectivity index (χ2n) is 7.26. The molecule has 0 aliphatic carbocycles. The Kier molecular flexibility index (Phi) is 6.88. The van der Waals surface area contributed by atoms with Crippen molar-refractivity contribution in [3.63, 3.8) is 0 Å². The molecule has 1 aromatic rings. The zero-order valence-corrected chi connectivity index (χ0v) is 18.8. The van der Waals surface area contributed by atoms with Crippen LogP contribution in [0.5, 0.6) is 0 Å². The minimum absolute atomic E-state index is 0.0152.